The Balaban J connectivity index is 1.73. The summed E-state index contributed by atoms with van der Waals surface area (Å²) in [6, 6.07) is 11.7. The first-order valence-electron chi connectivity index (χ1n) is 15.2. The largest absolute Gasteiger partial charge is 0.466 e. The number of aromatic amines is 1. The van der Waals surface area contributed by atoms with Crippen LogP contribution >= 0.6 is 15.9 Å². The van der Waals surface area contributed by atoms with Gasteiger partial charge in [-0.2, -0.15) is 0 Å². The van der Waals surface area contributed by atoms with Gasteiger partial charge in [0, 0.05) is 28.1 Å². The van der Waals surface area contributed by atoms with Gasteiger partial charge in [-0.25, -0.2) is 4.79 Å². The van der Waals surface area contributed by atoms with Crippen LogP contribution in [0.3, 0.4) is 0 Å². The summed E-state index contributed by atoms with van der Waals surface area (Å²) in [5.74, 6) is -2.35. The predicted octanol–water partition coefficient (Wildman–Crippen LogP) is 6.52. The number of allylic oxidation sites excluding steroid dienone is 1. The first kappa shape index (κ1) is 32.2. The molecule has 0 radical (unpaired) electrons. The minimum atomic E-state index is -0.585. The monoisotopic (exact) mass is 676 g/mol. The van der Waals surface area contributed by atoms with Crippen molar-refractivity contribution in [2.24, 2.45) is 0 Å². The fraction of sp³-hybridized carbons (Fsp3) is 0.371. The zero-order chi connectivity index (χ0) is 32.4. The van der Waals surface area contributed by atoms with E-state index in [4.69, 9.17) is 14.2 Å². The van der Waals surface area contributed by atoms with Crippen molar-refractivity contribution in [3.63, 3.8) is 0 Å². The Morgan fingerprint density at radius 1 is 0.867 bits per heavy atom. The molecule has 2 aromatic carbocycles. The maximum absolute atomic E-state index is 13.7. The van der Waals surface area contributed by atoms with E-state index in [0.29, 0.717) is 16.8 Å². The molecular weight excluding hydrogens is 640 g/mol. The standard InChI is InChI=1S/C35H37BrN2O7/c1-6-43-26(39)16-13-22-23(17-27(40)44-7-2)32(38-33(22)35(42)45-8-3)29-19(5)28(20-11-9-10-12-21(20)29)31-30-18(4)24(36)14-15-25(30)37-34(31)41/h9-12,14-15,28,31,38H,6-8,13,16-17H2,1-5H3,(H,37,41). The van der Waals surface area contributed by atoms with Gasteiger partial charge in [-0.05, 0) is 86.6 Å². The third kappa shape index (κ3) is 5.95. The van der Waals surface area contributed by atoms with Gasteiger partial charge in [0.1, 0.15) is 5.69 Å². The zero-order valence-corrected chi connectivity index (χ0v) is 27.7. The molecule has 1 aromatic heterocycles. The van der Waals surface area contributed by atoms with Crippen molar-refractivity contribution in [2.45, 2.75) is 65.7 Å². The Morgan fingerprint density at radius 2 is 1.56 bits per heavy atom. The number of aromatic nitrogens is 1. The Kier molecular flexibility index (Phi) is 9.62. The van der Waals surface area contributed by atoms with Crippen LogP contribution in [0.25, 0.3) is 5.57 Å². The Hall–Kier alpha value is -4.18. The number of anilines is 1. The predicted molar refractivity (Wildman–Crippen MR) is 173 cm³/mol. The smallest absolute Gasteiger partial charge is 0.355 e. The van der Waals surface area contributed by atoms with Gasteiger partial charge in [0.25, 0.3) is 0 Å². The van der Waals surface area contributed by atoms with Crippen molar-refractivity contribution in [3.05, 3.63) is 91.2 Å². The van der Waals surface area contributed by atoms with E-state index in [1.165, 1.54) is 0 Å². The van der Waals surface area contributed by atoms with Crippen molar-refractivity contribution in [3.8, 4) is 0 Å². The van der Waals surface area contributed by atoms with E-state index in [2.05, 4.69) is 26.2 Å². The molecule has 3 aromatic rings. The normalized spacial score (nSPS) is 16.7. The van der Waals surface area contributed by atoms with E-state index in [-0.39, 0.29) is 56.6 Å². The number of carbonyl (C=O) groups is 4. The summed E-state index contributed by atoms with van der Waals surface area (Å²) in [4.78, 5) is 55.7. The van der Waals surface area contributed by atoms with E-state index in [0.717, 1.165) is 43.6 Å². The van der Waals surface area contributed by atoms with Gasteiger partial charge in [0.15, 0.2) is 0 Å². The molecule has 2 atom stereocenters. The van der Waals surface area contributed by atoms with Gasteiger partial charge in [0.2, 0.25) is 5.91 Å². The number of hydrogen-bond acceptors (Lipinski definition) is 7. The fourth-order valence-electron chi connectivity index (χ4n) is 6.69. The summed E-state index contributed by atoms with van der Waals surface area (Å²) < 4.78 is 16.8. The number of ether oxygens (including phenoxy) is 3. The molecule has 0 saturated carbocycles. The minimum absolute atomic E-state index is 0.0117. The van der Waals surface area contributed by atoms with Gasteiger partial charge < -0.3 is 24.5 Å². The SMILES string of the molecule is CCOC(=O)CCc1c(C(=O)OCC)[nH]c(C2=C(C)C(C3C(=O)Nc4ccc(Br)c(C)c43)c3ccccc32)c1CC(=O)OCC. The summed E-state index contributed by atoms with van der Waals surface area (Å²) >= 11 is 3.64. The van der Waals surface area contributed by atoms with Crippen molar-refractivity contribution >= 4 is 51.0 Å². The maximum Gasteiger partial charge on any atom is 0.355 e. The molecule has 2 heterocycles. The van der Waals surface area contributed by atoms with Crippen LogP contribution in [0.15, 0.2) is 46.4 Å². The molecule has 1 aliphatic carbocycles. The van der Waals surface area contributed by atoms with Crippen molar-refractivity contribution in [2.75, 3.05) is 25.1 Å². The molecule has 45 heavy (non-hydrogen) atoms. The Bertz CT molecular complexity index is 1720. The molecule has 2 N–H and O–H groups in total. The molecule has 9 nitrogen and oxygen atoms in total. The molecule has 0 saturated heterocycles. The third-order valence-electron chi connectivity index (χ3n) is 8.52. The summed E-state index contributed by atoms with van der Waals surface area (Å²) in [5.41, 5.74) is 8.13. The van der Waals surface area contributed by atoms with Crippen LogP contribution in [0.4, 0.5) is 5.69 Å². The molecule has 0 bridgehead atoms. The first-order chi connectivity index (χ1) is 21.6. The lowest BCUT2D eigenvalue weighted by atomic mass is 9.79. The number of nitrogens with one attached hydrogen (secondary N) is 2. The molecule has 10 heteroatoms. The molecule has 0 fully saturated rings. The second kappa shape index (κ2) is 13.4. The lowest BCUT2D eigenvalue weighted by Crippen LogP contribution is -2.20. The van der Waals surface area contributed by atoms with Crippen LogP contribution in [0.2, 0.25) is 0 Å². The van der Waals surface area contributed by atoms with Gasteiger partial charge in [-0.3, -0.25) is 14.4 Å². The second-order valence-electron chi connectivity index (χ2n) is 11.1. The number of fused-ring (bicyclic) bond motifs is 2. The summed E-state index contributed by atoms with van der Waals surface area (Å²) in [7, 11) is 0. The van der Waals surface area contributed by atoms with E-state index >= 15 is 0 Å². The number of H-pyrrole nitrogens is 1. The average molecular weight is 678 g/mol. The van der Waals surface area contributed by atoms with Crippen molar-refractivity contribution < 1.29 is 33.4 Å². The van der Waals surface area contributed by atoms with Crippen LogP contribution in [0.5, 0.6) is 0 Å². The highest BCUT2D eigenvalue weighted by Crippen LogP contribution is 2.55. The number of rotatable bonds is 11. The number of halogens is 1. The maximum atomic E-state index is 13.7. The highest BCUT2D eigenvalue weighted by Gasteiger charge is 2.45. The second-order valence-corrected chi connectivity index (χ2v) is 11.9. The van der Waals surface area contributed by atoms with Crippen molar-refractivity contribution in [1.82, 2.24) is 4.98 Å². The average Bonchev–Trinajstić information content (AvgIpc) is 3.62. The lowest BCUT2D eigenvalue weighted by molar-refractivity contribution is -0.143. The van der Waals surface area contributed by atoms with E-state index in [1.54, 1.807) is 20.8 Å². The van der Waals surface area contributed by atoms with Crippen LogP contribution in [0.1, 0.15) is 95.5 Å². The molecule has 1 amide bonds. The van der Waals surface area contributed by atoms with Gasteiger partial charge in [0.05, 0.1) is 37.9 Å². The number of benzene rings is 2. The summed E-state index contributed by atoms with van der Waals surface area (Å²) in [5, 5.41) is 3.07. The molecule has 2 unspecified atom stereocenters. The van der Waals surface area contributed by atoms with Crippen LogP contribution in [0, 0.1) is 6.92 Å². The van der Waals surface area contributed by atoms with Gasteiger partial charge in [-0.15, -0.1) is 0 Å². The highest BCUT2D eigenvalue weighted by atomic mass is 79.9. The first-order valence-corrected chi connectivity index (χ1v) is 16.0. The number of carbonyl (C=O) groups excluding carboxylic acids is 4. The summed E-state index contributed by atoms with van der Waals surface area (Å²) in [6.07, 6.45) is 0.0404. The molecule has 5 rings (SSSR count). The van der Waals surface area contributed by atoms with E-state index in [9.17, 15) is 19.2 Å². The Morgan fingerprint density at radius 3 is 2.27 bits per heavy atom. The third-order valence-corrected chi connectivity index (χ3v) is 9.38. The number of amides is 1. The van der Waals surface area contributed by atoms with Crippen LogP contribution in [-0.4, -0.2) is 48.6 Å². The van der Waals surface area contributed by atoms with Gasteiger partial charge >= 0.3 is 17.9 Å². The summed E-state index contributed by atoms with van der Waals surface area (Å²) in [6.45, 7) is 9.75. The molecule has 1 aliphatic heterocycles. The topological polar surface area (TPSA) is 124 Å². The molecular formula is C35H37BrN2O7. The van der Waals surface area contributed by atoms with E-state index < -0.39 is 23.8 Å². The van der Waals surface area contributed by atoms with Gasteiger partial charge in [-0.1, -0.05) is 45.8 Å². The fourth-order valence-corrected chi connectivity index (χ4v) is 7.03. The van der Waals surface area contributed by atoms with Crippen LogP contribution < -0.4 is 5.32 Å². The minimum Gasteiger partial charge on any atom is -0.466 e. The zero-order valence-electron chi connectivity index (χ0n) is 26.1. The quantitative estimate of drug-likeness (QED) is 0.175. The van der Waals surface area contributed by atoms with E-state index in [1.807, 2.05) is 50.2 Å². The molecule has 2 aliphatic rings. The molecule has 0 spiro atoms. The van der Waals surface area contributed by atoms with Crippen LogP contribution in [-0.2, 0) is 41.4 Å². The molecule has 236 valence electrons. The Labute approximate surface area is 270 Å². The lowest BCUT2D eigenvalue weighted by Gasteiger charge is -2.22. The number of esters is 3. The number of hydrogen-bond donors (Lipinski definition) is 2. The van der Waals surface area contributed by atoms with Crippen molar-refractivity contribution in [1.29, 1.82) is 0 Å². The highest BCUT2D eigenvalue weighted by molar-refractivity contribution is 9.10.